The number of nitrogens with zero attached hydrogens (tertiary/aromatic N) is 3. The van der Waals surface area contributed by atoms with Crippen LogP contribution in [0.1, 0.15) is 37.3 Å². The number of carbonyl (C=O) groups excluding carboxylic acids is 3. The minimum Gasteiger partial charge on any atom is -0.338 e. The fourth-order valence-electron chi connectivity index (χ4n) is 5.07. The van der Waals surface area contributed by atoms with Crippen LogP contribution < -0.4 is 5.32 Å². The number of sulfonamides is 1. The van der Waals surface area contributed by atoms with Gasteiger partial charge in [-0.25, -0.2) is 13.2 Å². The number of rotatable bonds is 5. The molecule has 10 heteroatoms. The van der Waals surface area contributed by atoms with Gasteiger partial charge in [-0.2, -0.15) is 4.31 Å². The zero-order valence-electron chi connectivity index (χ0n) is 18.2. The smallest absolute Gasteiger partial charge is 0.325 e. The van der Waals surface area contributed by atoms with Crippen LogP contribution >= 0.6 is 0 Å². The maximum Gasteiger partial charge on any atom is 0.325 e. The first-order valence-electron chi connectivity index (χ1n) is 11.2. The van der Waals surface area contributed by atoms with Crippen molar-refractivity contribution in [2.75, 3.05) is 32.7 Å². The first kappa shape index (κ1) is 21.4. The van der Waals surface area contributed by atoms with Gasteiger partial charge in [0.1, 0.15) is 12.1 Å². The van der Waals surface area contributed by atoms with Crippen LogP contribution in [0.15, 0.2) is 23.1 Å². The van der Waals surface area contributed by atoms with Gasteiger partial charge in [0.2, 0.25) is 15.9 Å². The van der Waals surface area contributed by atoms with Gasteiger partial charge in [-0.05, 0) is 68.2 Å². The molecule has 1 N–H and O–H groups in total. The highest BCUT2D eigenvalue weighted by Gasteiger charge is 2.56. The van der Waals surface area contributed by atoms with E-state index in [4.69, 9.17) is 0 Å². The van der Waals surface area contributed by atoms with Gasteiger partial charge in [-0.1, -0.05) is 6.07 Å². The quantitative estimate of drug-likeness (QED) is 0.652. The van der Waals surface area contributed by atoms with Crippen LogP contribution in [0.5, 0.6) is 0 Å². The number of hydrogen-bond acceptors (Lipinski definition) is 5. The second-order valence-corrected chi connectivity index (χ2v) is 11.3. The largest absolute Gasteiger partial charge is 0.338 e. The third-order valence-corrected chi connectivity index (χ3v) is 9.18. The highest BCUT2D eigenvalue weighted by Crippen LogP contribution is 2.42. The Bertz CT molecular complexity index is 1090. The van der Waals surface area contributed by atoms with Crippen molar-refractivity contribution in [2.24, 2.45) is 5.92 Å². The van der Waals surface area contributed by atoms with Crippen molar-refractivity contribution < 1.29 is 22.8 Å². The third kappa shape index (κ3) is 3.49. The summed E-state index contributed by atoms with van der Waals surface area (Å²) < 4.78 is 27.6. The maximum absolute atomic E-state index is 13.1. The van der Waals surface area contributed by atoms with Gasteiger partial charge in [-0.15, -0.1) is 0 Å². The van der Waals surface area contributed by atoms with E-state index in [0.29, 0.717) is 4.90 Å². The van der Waals surface area contributed by atoms with Gasteiger partial charge in [0.15, 0.2) is 0 Å². The Kier molecular flexibility index (Phi) is 5.05. The van der Waals surface area contributed by atoms with E-state index in [9.17, 15) is 22.8 Å². The molecule has 1 saturated carbocycles. The molecule has 2 aliphatic carbocycles. The number of piperazine rings is 1. The van der Waals surface area contributed by atoms with Gasteiger partial charge < -0.3 is 10.2 Å². The van der Waals surface area contributed by atoms with Crippen LogP contribution in [0.4, 0.5) is 4.79 Å². The maximum atomic E-state index is 13.1. The van der Waals surface area contributed by atoms with Crippen molar-refractivity contribution in [1.29, 1.82) is 0 Å². The van der Waals surface area contributed by atoms with E-state index in [-0.39, 0.29) is 50.5 Å². The lowest BCUT2D eigenvalue weighted by atomic mass is 9.96. The summed E-state index contributed by atoms with van der Waals surface area (Å²) in [6.45, 7) is 2.23. The van der Waals surface area contributed by atoms with Crippen molar-refractivity contribution in [3.63, 3.8) is 0 Å². The lowest BCUT2D eigenvalue weighted by Gasteiger charge is -2.34. The fourth-order valence-corrected chi connectivity index (χ4v) is 6.54. The van der Waals surface area contributed by atoms with E-state index in [0.717, 1.165) is 42.6 Å². The summed E-state index contributed by atoms with van der Waals surface area (Å²) in [4.78, 5) is 40.7. The Morgan fingerprint density at radius 1 is 1.09 bits per heavy atom. The van der Waals surface area contributed by atoms with Crippen molar-refractivity contribution >= 4 is 27.9 Å². The average Bonchev–Trinajstić information content (AvgIpc) is 3.50. The highest BCUT2D eigenvalue weighted by atomic mass is 32.2. The van der Waals surface area contributed by atoms with Crippen LogP contribution in [-0.2, 0) is 32.5 Å². The molecule has 4 amide bonds. The summed E-state index contributed by atoms with van der Waals surface area (Å²) in [6, 6.07) is 4.83. The number of hydrogen-bond donors (Lipinski definition) is 1. The van der Waals surface area contributed by atoms with Crippen LogP contribution in [0.3, 0.4) is 0 Å². The molecule has 5 rings (SSSR count). The number of carbonyl (C=O) groups is 3. The van der Waals surface area contributed by atoms with Gasteiger partial charge in [0, 0.05) is 26.2 Å². The summed E-state index contributed by atoms with van der Waals surface area (Å²) in [5.41, 5.74) is 1.41. The Labute approximate surface area is 187 Å². The molecular weight excluding hydrogens is 432 g/mol. The second-order valence-electron chi connectivity index (χ2n) is 9.37. The number of fused-ring (bicyclic) bond motifs is 1. The molecule has 0 radical (unpaired) electrons. The number of nitrogens with one attached hydrogen (secondary N) is 1. The molecule has 3 fully saturated rings. The molecule has 1 aromatic rings. The predicted molar refractivity (Wildman–Crippen MR) is 115 cm³/mol. The van der Waals surface area contributed by atoms with Gasteiger partial charge in [-0.3, -0.25) is 14.5 Å². The van der Waals surface area contributed by atoms with Gasteiger partial charge >= 0.3 is 6.03 Å². The topological polar surface area (TPSA) is 107 Å². The number of aryl methyl sites for hydroxylation is 2. The summed E-state index contributed by atoms with van der Waals surface area (Å²) >= 11 is 0. The first-order chi connectivity index (χ1) is 15.2. The molecule has 2 saturated heterocycles. The van der Waals surface area contributed by atoms with Crippen molar-refractivity contribution in [3.05, 3.63) is 29.3 Å². The SMILES string of the molecule is C[C@@]1(C2CC2)NC(=O)N(CC(=O)N2CCN(S(=O)(=O)c3ccc4c(c3)CCC4)CC2)C1=O. The van der Waals surface area contributed by atoms with Gasteiger partial charge in [0.05, 0.1) is 4.90 Å². The van der Waals surface area contributed by atoms with E-state index in [1.165, 1.54) is 14.8 Å². The minimum atomic E-state index is -3.62. The van der Waals surface area contributed by atoms with E-state index >= 15 is 0 Å². The predicted octanol–water partition coefficient (Wildman–Crippen LogP) is 0.729. The molecule has 1 atom stereocenters. The van der Waals surface area contributed by atoms with Crippen LogP contribution in [0, 0.1) is 5.92 Å². The average molecular weight is 461 g/mol. The van der Waals surface area contributed by atoms with E-state index in [1.807, 2.05) is 6.07 Å². The Morgan fingerprint density at radius 3 is 2.47 bits per heavy atom. The number of benzene rings is 1. The molecule has 2 heterocycles. The zero-order valence-corrected chi connectivity index (χ0v) is 19.0. The first-order valence-corrected chi connectivity index (χ1v) is 12.7. The molecule has 172 valence electrons. The van der Waals surface area contributed by atoms with Crippen LogP contribution in [0.2, 0.25) is 0 Å². The zero-order chi connectivity index (χ0) is 22.7. The monoisotopic (exact) mass is 460 g/mol. The fraction of sp³-hybridized carbons (Fsp3) is 0.591. The summed E-state index contributed by atoms with van der Waals surface area (Å²) in [5.74, 6) is -0.564. The van der Waals surface area contributed by atoms with Crippen molar-refractivity contribution in [1.82, 2.24) is 19.4 Å². The molecule has 0 aromatic heterocycles. The van der Waals surface area contributed by atoms with Crippen molar-refractivity contribution in [2.45, 2.75) is 49.5 Å². The summed E-state index contributed by atoms with van der Waals surface area (Å²) in [5, 5.41) is 2.74. The molecule has 32 heavy (non-hydrogen) atoms. The highest BCUT2D eigenvalue weighted by molar-refractivity contribution is 7.89. The number of amides is 4. The van der Waals surface area contributed by atoms with Crippen molar-refractivity contribution in [3.8, 4) is 0 Å². The lowest BCUT2D eigenvalue weighted by Crippen LogP contribution is -2.53. The standard InChI is InChI=1S/C22H28N4O5S/c1-22(17-6-7-17)20(28)26(21(29)23-22)14-19(27)24-9-11-25(12-10-24)32(30,31)18-8-5-15-3-2-4-16(15)13-18/h5,8,13,17H,2-4,6-7,9-12,14H2,1H3,(H,23,29)/t22-/m0/s1. The van der Waals surface area contributed by atoms with E-state index < -0.39 is 21.6 Å². The van der Waals surface area contributed by atoms with E-state index in [2.05, 4.69) is 5.32 Å². The second kappa shape index (κ2) is 7.55. The van der Waals surface area contributed by atoms with Crippen LogP contribution in [-0.4, -0.2) is 78.6 Å². The summed E-state index contributed by atoms with van der Waals surface area (Å²) in [6.07, 6.45) is 4.74. The Hall–Kier alpha value is -2.46. The molecule has 4 aliphatic rings. The third-order valence-electron chi connectivity index (χ3n) is 7.29. The summed E-state index contributed by atoms with van der Waals surface area (Å²) in [7, 11) is -3.62. The minimum absolute atomic E-state index is 0.132. The molecule has 0 spiro atoms. The van der Waals surface area contributed by atoms with Gasteiger partial charge in [0.25, 0.3) is 5.91 Å². The molecule has 9 nitrogen and oxygen atoms in total. The molecule has 0 bridgehead atoms. The molecule has 0 unspecified atom stereocenters. The number of imide groups is 1. The Morgan fingerprint density at radius 2 is 1.78 bits per heavy atom. The Balaban J connectivity index is 1.20. The van der Waals surface area contributed by atoms with E-state index in [1.54, 1.807) is 19.1 Å². The normalized spacial score (nSPS) is 26.4. The number of urea groups is 1. The molecule has 2 aliphatic heterocycles. The van der Waals surface area contributed by atoms with Crippen LogP contribution in [0.25, 0.3) is 0 Å². The lowest BCUT2D eigenvalue weighted by molar-refractivity contribution is -0.139. The molecular formula is C22H28N4O5S. The molecule has 1 aromatic carbocycles.